The molecular weight excluding hydrogens is 176 g/mol. The topological polar surface area (TPSA) is 40.2 Å². The van der Waals surface area contributed by atoms with Gasteiger partial charge in [-0.25, -0.2) is 0 Å². The summed E-state index contributed by atoms with van der Waals surface area (Å²) >= 11 is 0. The molecule has 0 aliphatic rings. The molecule has 0 fully saturated rings. The van der Waals surface area contributed by atoms with Gasteiger partial charge in [-0.05, 0) is 24.3 Å². The second kappa shape index (κ2) is 3.46. The summed E-state index contributed by atoms with van der Waals surface area (Å²) in [5.74, 6) is 0.776. The van der Waals surface area contributed by atoms with E-state index >= 15 is 0 Å². The lowest BCUT2D eigenvalue weighted by atomic mass is 10.2. The highest BCUT2D eigenvalue weighted by Gasteiger charge is 2.01. The summed E-state index contributed by atoms with van der Waals surface area (Å²) in [7, 11) is 1.63. The molecule has 0 aliphatic carbocycles. The summed E-state index contributed by atoms with van der Waals surface area (Å²) in [5.41, 5.74) is 7.56. The summed E-state index contributed by atoms with van der Waals surface area (Å²) in [6, 6.07) is 9.57. The van der Waals surface area contributed by atoms with Crippen molar-refractivity contribution in [2.24, 2.45) is 0 Å². The Balaban J connectivity index is 2.46. The minimum Gasteiger partial charge on any atom is -0.497 e. The molecule has 1 aromatic heterocycles. The maximum Gasteiger partial charge on any atom is 0.121 e. The number of ether oxygens (including phenoxy) is 1. The van der Waals surface area contributed by atoms with Crippen molar-refractivity contribution < 1.29 is 4.74 Å². The fourth-order valence-electron chi connectivity index (χ4n) is 1.39. The van der Waals surface area contributed by atoms with Crippen LogP contribution in [0.3, 0.4) is 0 Å². The molecule has 0 saturated carbocycles. The van der Waals surface area contributed by atoms with Crippen molar-refractivity contribution in [3.05, 3.63) is 42.7 Å². The van der Waals surface area contributed by atoms with E-state index in [-0.39, 0.29) is 0 Å². The minimum atomic E-state index is 0.709. The molecule has 3 nitrogen and oxygen atoms in total. The van der Waals surface area contributed by atoms with Gasteiger partial charge in [-0.1, -0.05) is 0 Å². The Hall–Kier alpha value is -1.90. The highest BCUT2D eigenvalue weighted by atomic mass is 16.5. The molecule has 0 aliphatic heterocycles. The van der Waals surface area contributed by atoms with Gasteiger partial charge in [-0.15, -0.1) is 0 Å². The van der Waals surface area contributed by atoms with Crippen LogP contribution < -0.4 is 10.5 Å². The van der Waals surface area contributed by atoms with Gasteiger partial charge in [0.2, 0.25) is 0 Å². The Morgan fingerprint density at radius 2 is 1.93 bits per heavy atom. The van der Waals surface area contributed by atoms with Gasteiger partial charge in [0.1, 0.15) is 5.75 Å². The quantitative estimate of drug-likeness (QED) is 0.733. The predicted octanol–water partition coefficient (Wildman–Crippen LogP) is 2.07. The van der Waals surface area contributed by atoms with Gasteiger partial charge in [-0.2, -0.15) is 0 Å². The lowest BCUT2D eigenvalue weighted by Crippen LogP contribution is -1.97. The normalized spacial score (nSPS) is 10.1. The van der Waals surface area contributed by atoms with E-state index in [0.29, 0.717) is 5.69 Å². The average molecular weight is 188 g/mol. The molecule has 2 aromatic rings. The Morgan fingerprint density at radius 3 is 2.50 bits per heavy atom. The third kappa shape index (κ3) is 1.44. The Labute approximate surface area is 82.7 Å². The van der Waals surface area contributed by atoms with Crippen LogP contribution in [0.1, 0.15) is 0 Å². The molecule has 14 heavy (non-hydrogen) atoms. The van der Waals surface area contributed by atoms with Gasteiger partial charge in [0.25, 0.3) is 0 Å². The van der Waals surface area contributed by atoms with E-state index in [0.717, 1.165) is 11.4 Å². The largest absolute Gasteiger partial charge is 0.497 e. The minimum absolute atomic E-state index is 0.709. The van der Waals surface area contributed by atoms with E-state index in [1.54, 1.807) is 7.11 Å². The van der Waals surface area contributed by atoms with E-state index in [1.807, 2.05) is 47.3 Å². The second-order valence-electron chi connectivity index (χ2n) is 3.02. The van der Waals surface area contributed by atoms with Crippen LogP contribution in [0.4, 0.5) is 5.69 Å². The first-order valence-corrected chi connectivity index (χ1v) is 4.38. The molecule has 2 rings (SSSR count). The Kier molecular flexibility index (Phi) is 2.14. The van der Waals surface area contributed by atoms with Crippen molar-refractivity contribution in [1.82, 2.24) is 4.57 Å². The van der Waals surface area contributed by atoms with Crippen molar-refractivity contribution >= 4 is 5.69 Å². The van der Waals surface area contributed by atoms with Crippen molar-refractivity contribution in [1.29, 1.82) is 0 Å². The summed E-state index contributed by atoms with van der Waals surface area (Å²) in [6.45, 7) is 0. The predicted molar refractivity (Wildman–Crippen MR) is 56.7 cm³/mol. The molecule has 0 saturated heterocycles. The molecular formula is C11H12N2O. The number of nitrogen functional groups attached to an aromatic ring is 1. The molecule has 1 heterocycles. The van der Waals surface area contributed by atoms with Crippen molar-refractivity contribution in [3.63, 3.8) is 0 Å². The molecule has 2 N–H and O–H groups in total. The fourth-order valence-corrected chi connectivity index (χ4v) is 1.39. The summed E-state index contributed by atoms with van der Waals surface area (Å²) in [5, 5.41) is 0. The summed E-state index contributed by atoms with van der Waals surface area (Å²) in [4.78, 5) is 0. The molecule has 0 atom stereocenters. The van der Waals surface area contributed by atoms with E-state index < -0.39 is 0 Å². The van der Waals surface area contributed by atoms with Crippen molar-refractivity contribution in [3.8, 4) is 11.4 Å². The van der Waals surface area contributed by atoms with E-state index in [1.165, 1.54) is 0 Å². The number of aromatic nitrogens is 1. The number of nitrogens with zero attached hydrogens (tertiary/aromatic N) is 1. The van der Waals surface area contributed by atoms with Crippen LogP contribution in [0.2, 0.25) is 0 Å². The first kappa shape index (κ1) is 8.69. The number of rotatable bonds is 2. The molecule has 0 unspecified atom stereocenters. The van der Waals surface area contributed by atoms with E-state index in [4.69, 9.17) is 10.5 Å². The molecule has 0 amide bonds. The van der Waals surface area contributed by atoms with Crippen LogP contribution in [0, 0.1) is 0 Å². The zero-order chi connectivity index (χ0) is 9.97. The Bertz CT molecular complexity index is 421. The van der Waals surface area contributed by atoms with Gasteiger partial charge in [0, 0.05) is 18.5 Å². The van der Waals surface area contributed by atoms with E-state index in [9.17, 15) is 0 Å². The lowest BCUT2D eigenvalue weighted by molar-refractivity contribution is 0.415. The van der Waals surface area contributed by atoms with Crippen LogP contribution in [-0.4, -0.2) is 11.7 Å². The van der Waals surface area contributed by atoms with Crippen molar-refractivity contribution in [2.75, 3.05) is 12.8 Å². The van der Waals surface area contributed by atoms with Crippen LogP contribution in [0.25, 0.3) is 5.69 Å². The SMILES string of the molecule is COc1ccc(-n2cccc2)c(N)c1. The second-order valence-corrected chi connectivity index (χ2v) is 3.02. The smallest absolute Gasteiger partial charge is 0.121 e. The van der Waals surface area contributed by atoms with Gasteiger partial charge in [0.15, 0.2) is 0 Å². The zero-order valence-electron chi connectivity index (χ0n) is 7.97. The highest BCUT2D eigenvalue weighted by molar-refractivity contribution is 5.60. The standard InChI is InChI=1S/C11H12N2O/c1-14-9-4-5-11(10(12)8-9)13-6-2-3-7-13/h2-8H,12H2,1H3. The van der Waals surface area contributed by atoms with Gasteiger partial charge in [-0.3, -0.25) is 0 Å². The van der Waals surface area contributed by atoms with Crippen LogP contribution in [-0.2, 0) is 0 Å². The highest BCUT2D eigenvalue weighted by Crippen LogP contribution is 2.22. The molecule has 3 heteroatoms. The first-order valence-electron chi connectivity index (χ1n) is 4.38. The van der Waals surface area contributed by atoms with Crippen LogP contribution in [0.5, 0.6) is 5.75 Å². The third-order valence-corrected chi connectivity index (χ3v) is 2.12. The molecule has 72 valence electrons. The van der Waals surface area contributed by atoms with E-state index in [2.05, 4.69) is 0 Å². The number of anilines is 1. The lowest BCUT2D eigenvalue weighted by Gasteiger charge is -2.08. The number of methoxy groups -OCH3 is 1. The number of benzene rings is 1. The first-order chi connectivity index (χ1) is 6.81. The maximum absolute atomic E-state index is 5.89. The number of hydrogen-bond donors (Lipinski definition) is 1. The van der Waals surface area contributed by atoms with Crippen LogP contribution in [0.15, 0.2) is 42.7 Å². The molecule has 0 bridgehead atoms. The monoisotopic (exact) mass is 188 g/mol. The maximum atomic E-state index is 5.89. The third-order valence-electron chi connectivity index (χ3n) is 2.12. The zero-order valence-corrected chi connectivity index (χ0v) is 7.97. The molecule has 0 radical (unpaired) electrons. The summed E-state index contributed by atoms with van der Waals surface area (Å²) < 4.78 is 7.05. The molecule has 0 spiro atoms. The van der Waals surface area contributed by atoms with Crippen molar-refractivity contribution in [2.45, 2.75) is 0 Å². The van der Waals surface area contributed by atoms with Gasteiger partial charge in [0.05, 0.1) is 18.5 Å². The average Bonchev–Trinajstić information content (AvgIpc) is 2.70. The Morgan fingerprint density at radius 1 is 1.21 bits per heavy atom. The van der Waals surface area contributed by atoms with Crippen LogP contribution >= 0.6 is 0 Å². The van der Waals surface area contributed by atoms with Gasteiger partial charge < -0.3 is 15.0 Å². The van der Waals surface area contributed by atoms with Gasteiger partial charge >= 0.3 is 0 Å². The number of nitrogens with two attached hydrogens (primary N) is 1. The summed E-state index contributed by atoms with van der Waals surface area (Å²) in [6.07, 6.45) is 3.91. The number of hydrogen-bond acceptors (Lipinski definition) is 2. The fraction of sp³-hybridized carbons (Fsp3) is 0.0909. The molecule has 1 aromatic carbocycles.